The van der Waals surface area contributed by atoms with E-state index >= 15 is 0 Å². The maximum Gasteiger partial charge on any atom is 0.279 e. The first-order chi connectivity index (χ1) is 4.42. The number of hydrogen-bond acceptors (Lipinski definition) is 0. The quantitative estimate of drug-likeness (QED) is 0.478. The van der Waals surface area contributed by atoms with Crippen molar-refractivity contribution in [1.82, 2.24) is 0 Å². The Balaban J connectivity index is 4.09. The fourth-order valence-corrected chi connectivity index (χ4v) is 2.39. The van der Waals surface area contributed by atoms with Crippen molar-refractivity contribution in [2.24, 2.45) is 5.92 Å². The average molecular weight is 198 g/mol. The van der Waals surface area contributed by atoms with Gasteiger partial charge in [0.1, 0.15) is 0 Å². The highest BCUT2D eigenvalue weighted by molar-refractivity contribution is 7.35. The third-order valence-corrected chi connectivity index (χ3v) is 6.72. The summed E-state index contributed by atoms with van der Waals surface area (Å²) in [5, 5.41) is 0.141. The van der Waals surface area contributed by atoms with Crippen molar-refractivity contribution in [3.05, 3.63) is 0 Å². The molecule has 0 nitrogen and oxygen atoms in total. The molecule has 0 aliphatic carbocycles. The molecule has 0 aromatic heterocycles. The van der Waals surface area contributed by atoms with Crippen molar-refractivity contribution >= 4 is 29.6 Å². The summed E-state index contributed by atoms with van der Waals surface area (Å²) in [6.45, 7) is 8.67. The van der Waals surface area contributed by atoms with Gasteiger partial charge in [0.25, 0.3) is 7.42 Å². The first-order valence-electron chi connectivity index (χ1n) is 3.61. The maximum atomic E-state index is 5.91. The van der Waals surface area contributed by atoms with Crippen LogP contribution in [0.3, 0.4) is 0 Å². The number of rotatable bonds is 3. The zero-order chi connectivity index (χ0) is 8.36. The van der Waals surface area contributed by atoms with Crippen LogP contribution in [0, 0.1) is 5.92 Å². The summed E-state index contributed by atoms with van der Waals surface area (Å²) in [5.74, 6) is 0.622. The topological polar surface area (TPSA) is 0 Å². The van der Waals surface area contributed by atoms with Crippen LogP contribution in [0.2, 0.25) is 5.04 Å². The lowest BCUT2D eigenvalue weighted by Gasteiger charge is -2.30. The zero-order valence-corrected chi connectivity index (χ0v) is 9.55. The minimum Gasteiger partial charge on any atom is -0.146 e. The third kappa shape index (κ3) is 2.44. The Morgan fingerprint density at radius 2 is 1.80 bits per heavy atom. The van der Waals surface area contributed by atoms with E-state index in [1.165, 1.54) is 0 Å². The van der Waals surface area contributed by atoms with Gasteiger partial charge < -0.3 is 0 Å². The molecule has 0 fully saturated rings. The first kappa shape index (κ1) is 10.8. The molecule has 61 valence electrons. The molecule has 1 radical (unpaired) electrons. The van der Waals surface area contributed by atoms with Gasteiger partial charge in [0.15, 0.2) is 0 Å². The molecule has 0 spiro atoms. The lowest BCUT2D eigenvalue weighted by Crippen LogP contribution is -2.24. The Hall–Kier alpha value is 0.797. The molecule has 0 aromatic rings. The molecule has 3 heteroatoms. The number of hydrogen-bond donors (Lipinski definition) is 0. The SMILES string of the molecule is CCC(C)C(C)(C)[Si](Cl)Cl. The molecule has 0 N–H and O–H groups in total. The van der Waals surface area contributed by atoms with Crippen LogP contribution in [-0.2, 0) is 0 Å². The van der Waals surface area contributed by atoms with E-state index in [2.05, 4.69) is 27.7 Å². The van der Waals surface area contributed by atoms with E-state index in [1.807, 2.05) is 0 Å². The summed E-state index contributed by atoms with van der Waals surface area (Å²) in [5.41, 5.74) is 0. The van der Waals surface area contributed by atoms with Gasteiger partial charge in [-0.25, -0.2) is 0 Å². The molecule has 0 amide bonds. The molecule has 0 heterocycles. The second kappa shape index (κ2) is 3.98. The van der Waals surface area contributed by atoms with E-state index in [0.717, 1.165) is 6.42 Å². The van der Waals surface area contributed by atoms with E-state index in [1.54, 1.807) is 0 Å². The summed E-state index contributed by atoms with van der Waals surface area (Å²) in [6.07, 6.45) is 1.15. The molecule has 0 aliphatic heterocycles. The van der Waals surface area contributed by atoms with Gasteiger partial charge in [-0.3, -0.25) is 0 Å². The van der Waals surface area contributed by atoms with Crippen LogP contribution in [0.5, 0.6) is 0 Å². The van der Waals surface area contributed by atoms with Gasteiger partial charge in [-0.1, -0.05) is 34.1 Å². The Labute approximate surface area is 74.9 Å². The maximum absolute atomic E-state index is 5.91. The van der Waals surface area contributed by atoms with Crippen molar-refractivity contribution < 1.29 is 0 Å². The summed E-state index contributed by atoms with van der Waals surface area (Å²) < 4.78 is 0. The molecule has 0 saturated carbocycles. The molecule has 0 bridgehead atoms. The normalized spacial score (nSPS) is 15.9. The monoisotopic (exact) mass is 197 g/mol. The molecule has 0 saturated heterocycles. The van der Waals surface area contributed by atoms with Crippen LogP contribution in [-0.4, -0.2) is 7.42 Å². The van der Waals surface area contributed by atoms with E-state index in [4.69, 9.17) is 22.2 Å². The highest BCUT2D eigenvalue weighted by Crippen LogP contribution is 2.42. The summed E-state index contributed by atoms with van der Waals surface area (Å²) in [6, 6.07) is 0. The highest BCUT2D eigenvalue weighted by Gasteiger charge is 2.33. The van der Waals surface area contributed by atoms with Crippen molar-refractivity contribution in [1.29, 1.82) is 0 Å². The zero-order valence-electron chi connectivity index (χ0n) is 7.04. The molecule has 0 rings (SSSR count). The van der Waals surface area contributed by atoms with E-state index in [0.29, 0.717) is 5.92 Å². The molecule has 10 heavy (non-hydrogen) atoms. The van der Waals surface area contributed by atoms with Crippen LogP contribution in [0.1, 0.15) is 34.1 Å². The van der Waals surface area contributed by atoms with Gasteiger partial charge in [0, 0.05) is 0 Å². The van der Waals surface area contributed by atoms with Crippen LogP contribution in [0.4, 0.5) is 0 Å². The van der Waals surface area contributed by atoms with Gasteiger partial charge in [-0.2, -0.15) is 0 Å². The Kier molecular flexibility index (Phi) is 4.30. The predicted octanol–water partition coefficient (Wildman–Crippen LogP) is 3.78. The molecule has 1 atom stereocenters. The third-order valence-electron chi connectivity index (χ3n) is 2.33. The van der Waals surface area contributed by atoms with Crippen LogP contribution in [0.15, 0.2) is 0 Å². The fraction of sp³-hybridized carbons (Fsp3) is 1.00. The number of halogens is 2. The smallest absolute Gasteiger partial charge is 0.146 e. The lowest BCUT2D eigenvalue weighted by molar-refractivity contribution is 0.424. The van der Waals surface area contributed by atoms with Crippen molar-refractivity contribution in [2.75, 3.05) is 0 Å². The second-order valence-electron chi connectivity index (χ2n) is 3.29. The van der Waals surface area contributed by atoms with Crippen LogP contribution in [0.25, 0.3) is 0 Å². The van der Waals surface area contributed by atoms with Gasteiger partial charge >= 0.3 is 0 Å². The Morgan fingerprint density at radius 1 is 1.40 bits per heavy atom. The highest BCUT2D eigenvalue weighted by atomic mass is 35.7. The minimum atomic E-state index is -1.18. The average Bonchev–Trinajstić information content (AvgIpc) is 1.86. The van der Waals surface area contributed by atoms with E-state index in [9.17, 15) is 0 Å². The summed E-state index contributed by atoms with van der Waals surface area (Å²) in [7, 11) is -1.18. The van der Waals surface area contributed by atoms with Gasteiger partial charge in [0.2, 0.25) is 0 Å². The summed E-state index contributed by atoms with van der Waals surface area (Å²) in [4.78, 5) is 0. The molecule has 0 aliphatic rings. The van der Waals surface area contributed by atoms with E-state index in [-0.39, 0.29) is 5.04 Å². The Bertz CT molecular complexity index is 102. The van der Waals surface area contributed by atoms with Crippen molar-refractivity contribution in [2.45, 2.75) is 39.2 Å². The molecular formula is C7H15Cl2Si. The van der Waals surface area contributed by atoms with E-state index < -0.39 is 7.42 Å². The Morgan fingerprint density at radius 3 is 1.90 bits per heavy atom. The molecule has 1 unspecified atom stereocenters. The first-order valence-corrected chi connectivity index (χ1v) is 7.13. The summed E-state index contributed by atoms with van der Waals surface area (Å²) >= 11 is 11.8. The molecular weight excluding hydrogens is 183 g/mol. The van der Waals surface area contributed by atoms with Gasteiger partial charge in [0.05, 0.1) is 0 Å². The van der Waals surface area contributed by atoms with Crippen LogP contribution < -0.4 is 0 Å². The molecule has 0 aromatic carbocycles. The second-order valence-corrected chi connectivity index (χ2v) is 7.95. The minimum absolute atomic E-state index is 0.141. The van der Waals surface area contributed by atoms with Crippen LogP contribution >= 0.6 is 22.2 Å². The fourth-order valence-electron chi connectivity index (χ4n) is 0.697. The van der Waals surface area contributed by atoms with Gasteiger partial charge in [-0.15, -0.1) is 22.2 Å². The van der Waals surface area contributed by atoms with Crippen molar-refractivity contribution in [3.63, 3.8) is 0 Å². The lowest BCUT2D eigenvalue weighted by atomic mass is 9.94. The predicted molar refractivity (Wildman–Crippen MR) is 51.0 cm³/mol. The van der Waals surface area contributed by atoms with Gasteiger partial charge in [-0.05, 0) is 11.0 Å². The van der Waals surface area contributed by atoms with Crippen molar-refractivity contribution in [3.8, 4) is 0 Å². The largest absolute Gasteiger partial charge is 0.279 e. The standard InChI is InChI=1S/C7H15Cl2Si/c1-5-6(2)7(3,4)10(8)9/h6H,5H2,1-4H3.